The van der Waals surface area contributed by atoms with E-state index in [1.807, 2.05) is 25.1 Å². The summed E-state index contributed by atoms with van der Waals surface area (Å²) in [6.07, 6.45) is 3.44. The number of hydrogen-bond donors (Lipinski definition) is 1. The lowest BCUT2D eigenvalue weighted by atomic mass is 9.73. The second kappa shape index (κ2) is 7.64. The third kappa shape index (κ3) is 3.17. The van der Waals surface area contributed by atoms with E-state index in [2.05, 4.69) is 21.1 Å². The minimum atomic E-state index is 0.0176. The largest absolute Gasteiger partial charge is 0.376 e. The van der Waals surface area contributed by atoms with Crippen molar-refractivity contribution in [1.29, 1.82) is 5.26 Å². The van der Waals surface area contributed by atoms with E-state index in [1.54, 1.807) is 10.6 Å². The van der Waals surface area contributed by atoms with Gasteiger partial charge in [-0.05, 0) is 31.9 Å². The van der Waals surface area contributed by atoms with Gasteiger partial charge in [0.25, 0.3) is 0 Å². The predicted octanol–water partition coefficient (Wildman–Crippen LogP) is 3.91. The lowest BCUT2D eigenvalue weighted by Crippen LogP contribution is -2.51. The highest BCUT2D eigenvalue weighted by atomic mass is 35.5. The summed E-state index contributed by atoms with van der Waals surface area (Å²) in [6, 6.07) is 9.59. The Kier molecular flexibility index (Phi) is 5.06. The zero-order valence-corrected chi connectivity index (χ0v) is 18.6. The second-order valence-electron chi connectivity index (χ2n) is 8.39. The molecule has 2 aliphatic heterocycles. The summed E-state index contributed by atoms with van der Waals surface area (Å²) in [5.74, 6) is 0.835. The van der Waals surface area contributed by atoms with Crippen molar-refractivity contribution in [2.75, 3.05) is 24.6 Å². The monoisotopic (exact) mass is 456 g/mol. The Bertz CT molecular complexity index is 1190. The molecule has 1 spiro atoms. The van der Waals surface area contributed by atoms with Gasteiger partial charge in [-0.1, -0.05) is 35.3 Å². The van der Waals surface area contributed by atoms with Crippen LogP contribution in [-0.2, 0) is 4.74 Å². The van der Waals surface area contributed by atoms with Crippen molar-refractivity contribution in [2.24, 2.45) is 11.1 Å². The molecule has 5 rings (SSSR count). The third-order valence-corrected chi connectivity index (χ3v) is 7.62. The van der Waals surface area contributed by atoms with Crippen molar-refractivity contribution in [2.45, 2.75) is 31.9 Å². The number of benzene rings is 1. The molecule has 3 aromatic rings. The normalized spacial score (nSPS) is 22.9. The first kappa shape index (κ1) is 20.5. The topological polar surface area (TPSA) is 92.5 Å². The molecule has 2 saturated heterocycles. The number of ether oxygens (including phenoxy) is 1. The van der Waals surface area contributed by atoms with E-state index in [0.717, 1.165) is 31.7 Å². The Morgan fingerprint density at radius 2 is 2.06 bits per heavy atom. The lowest BCUT2D eigenvalue weighted by molar-refractivity contribution is 0.0974. The summed E-state index contributed by atoms with van der Waals surface area (Å²) in [5.41, 5.74) is 8.83. The van der Waals surface area contributed by atoms with Gasteiger partial charge in [0.05, 0.1) is 28.3 Å². The van der Waals surface area contributed by atoms with Crippen LogP contribution in [0.3, 0.4) is 0 Å². The number of hydrogen-bond acceptors (Lipinski definition) is 6. The van der Waals surface area contributed by atoms with Gasteiger partial charge in [0.2, 0.25) is 0 Å². The highest BCUT2D eigenvalue weighted by Gasteiger charge is 2.47. The first-order valence-electron chi connectivity index (χ1n) is 10.3. The van der Waals surface area contributed by atoms with E-state index in [9.17, 15) is 5.26 Å². The van der Waals surface area contributed by atoms with Crippen LogP contribution >= 0.6 is 23.2 Å². The van der Waals surface area contributed by atoms with E-state index in [4.69, 9.17) is 33.7 Å². The number of aromatic nitrogens is 3. The van der Waals surface area contributed by atoms with Gasteiger partial charge in [-0.2, -0.15) is 14.9 Å². The van der Waals surface area contributed by atoms with Gasteiger partial charge < -0.3 is 15.4 Å². The molecular formula is C22H22Cl2N6O. The molecule has 0 unspecified atom stereocenters. The fourth-order valence-electron chi connectivity index (χ4n) is 4.89. The Morgan fingerprint density at radius 3 is 2.74 bits per heavy atom. The molecule has 0 saturated carbocycles. The predicted molar refractivity (Wildman–Crippen MR) is 120 cm³/mol. The maximum absolute atomic E-state index is 9.96. The zero-order chi connectivity index (χ0) is 21.8. The van der Waals surface area contributed by atoms with Crippen LogP contribution in [0.15, 0.2) is 30.6 Å². The van der Waals surface area contributed by atoms with E-state index in [1.165, 1.54) is 6.33 Å². The molecular weight excluding hydrogens is 435 g/mol. The van der Waals surface area contributed by atoms with Crippen LogP contribution in [0.2, 0.25) is 10.0 Å². The molecule has 2 N–H and O–H groups in total. The van der Waals surface area contributed by atoms with Gasteiger partial charge in [0, 0.05) is 35.7 Å². The van der Waals surface area contributed by atoms with Crippen LogP contribution in [0, 0.1) is 16.7 Å². The van der Waals surface area contributed by atoms with Crippen molar-refractivity contribution in [3.8, 4) is 17.2 Å². The minimum absolute atomic E-state index is 0.0176. The Hall–Kier alpha value is -2.37. The Morgan fingerprint density at radius 1 is 1.29 bits per heavy atom. The van der Waals surface area contributed by atoms with Crippen molar-refractivity contribution >= 4 is 34.7 Å². The highest BCUT2D eigenvalue weighted by Crippen LogP contribution is 2.43. The molecule has 0 aliphatic carbocycles. The number of nitrogens with zero attached hydrogens (tertiary/aromatic N) is 5. The molecule has 160 valence electrons. The Labute approximate surface area is 190 Å². The molecule has 0 radical (unpaired) electrons. The van der Waals surface area contributed by atoms with Crippen LogP contribution in [-0.4, -0.2) is 46.4 Å². The van der Waals surface area contributed by atoms with Gasteiger partial charge in [-0.15, -0.1) is 0 Å². The van der Waals surface area contributed by atoms with E-state index in [0.29, 0.717) is 39.0 Å². The molecule has 0 amide bonds. The van der Waals surface area contributed by atoms with Gasteiger partial charge in [-0.3, -0.25) is 0 Å². The van der Waals surface area contributed by atoms with E-state index in [-0.39, 0.29) is 17.6 Å². The number of rotatable bonds is 2. The molecule has 7 nitrogen and oxygen atoms in total. The summed E-state index contributed by atoms with van der Waals surface area (Å²) in [5, 5.41) is 15.2. The van der Waals surface area contributed by atoms with Gasteiger partial charge >= 0.3 is 0 Å². The van der Waals surface area contributed by atoms with Crippen LogP contribution in [0.5, 0.6) is 0 Å². The van der Waals surface area contributed by atoms with Crippen molar-refractivity contribution < 1.29 is 4.74 Å². The van der Waals surface area contributed by atoms with Crippen LogP contribution in [0.4, 0.5) is 5.82 Å². The molecule has 2 atom stereocenters. The minimum Gasteiger partial charge on any atom is -0.376 e. The average Bonchev–Trinajstić information content (AvgIpc) is 3.37. The van der Waals surface area contributed by atoms with Crippen LogP contribution < -0.4 is 10.6 Å². The quantitative estimate of drug-likeness (QED) is 0.628. The molecule has 2 aromatic heterocycles. The van der Waals surface area contributed by atoms with Crippen molar-refractivity contribution in [3.63, 3.8) is 0 Å². The molecule has 9 heteroatoms. The smallest absolute Gasteiger partial charge is 0.166 e. The molecule has 2 fully saturated rings. The number of halogens is 2. The maximum atomic E-state index is 9.96. The van der Waals surface area contributed by atoms with Crippen LogP contribution in [0.25, 0.3) is 16.8 Å². The number of piperidine rings is 1. The number of nitrogens with two attached hydrogens (primary N) is 1. The summed E-state index contributed by atoms with van der Waals surface area (Å²) in [7, 11) is 0. The maximum Gasteiger partial charge on any atom is 0.166 e. The van der Waals surface area contributed by atoms with Crippen molar-refractivity contribution in [1.82, 2.24) is 14.6 Å². The van der Waals surface area contributed by atoms with E-state index >= 15 is 0 Å². The fraction of sp³-hybridized carbons (Fsp3) is 0.409. The summed E-state index contributed by atoms with van der Waals surface area (Å²) >= 11 is 12.7. The fourth-order valence-corrected chi connectivity index (χ4v) is 5.29. The number of fused-ring (bicyclic) bond motifs is 1. The molecule has 2 aliphatic rings. The molecule has 0 bridgehead atoms. The number of anilines is 1. The first-order chi connectivity index (χ1) is 14.9. The van der Waals surface area contributed by atoms with Gasteiger partial charge in [0.1, 0.15) is 18.2 Å². The molecule has 1 aromatic carbocycles. The SMILES string of the molecule is C[C@@H]1OCC2(CCN(c3cc(C#N)c(-c4cccc(Cl)c4Cl)c4ncnn34)CC2)[C@@H]1N. The molecule has 31 heavy (non-hydrogen) atoms. The van der Waals surface area contributed by atoms with Crippen molar-refractivity contribution in [3.05, 3.63) is 46.2 Å². The zero-order valence-electron chi connectivity index (χ0n) is 17.1. The summed E-state index contributed by atoms with van der Waals surface area (Å²) < 4.78 is 7.62. The first-order valence-corrected chi connectivity index (χ1v) is 11.0. The standard InChI is InChI=1S/C22H22Cl2N6O/c1-13-20(26)22(11-31-13)5-7-29(8-6-22)17-9-14(10-25)18(21-27-12-28-30(17)21)15-3-2-4-16(23)19(15)24/h2-4,9,12-13,20H,5-8,11,26H2,1H3/t13-,20+/m0/s1. The summed E-state index contributed by atoms with van der Waals surface area (Å²) in [4.78, 5) is 6.70. The van der Waals surface area contributed by atoms with Gasteiger partial charge in [-0.25, -0.2) is 4.98 Å². The second-order valence-corrected chi connectivity index (χ2v) is 9.18. The lowest BCUT2D eigenvalue weighted by Gasteiger charge is -2.42. The van der Waals surface area contributed by atoms with E-state index < -0.39 is 0 Å². The summed E-state index contributed by atoms with van der Waals surface area (Å²) in [6.45, 7) is 4.36. The highest BCUT2D eigenvalue weighted by molar-refractivity contribution is 6.43. The Balaban J connectivity index is 1.56. The number of pyridine rings is 1. The number of nitriles is 1. The third-order valence-electron chi connectivity index (χ3n) is 6.80. The van der Waals surface area contributed by atoms with Crippen LogP contribution in [0.1, 0.15) is 25.3 Å². The molecule has 4 heterocycles. The van der Waals surface area contributed by atoms with Gasteiger partial charge in [0.15, 0.2) is 5.65 Å². The average molecular weight is 457 g/mol.